The topological polar surface area (TPSA) is 67.5 Å². The first-order valence-electron chi connectivity index (χ1n) is 5.19. The van der Waals surface area contributed by atoms with Crippen molar-refractivity contribution in [1.82, 2.24) is 0 Å². The number of aromatic nitrogens is 1. The fourth-order valence-corrected chi connectivity index (χ4v) is 1.37. The number of carboxylic acid groups (broad SMARTS) is 1. The van der Waals surface area contributed by atoms with E-state index in [1.165, 1.54) is 29.0 Å². The number of hydrogen-bond donors (Lipinski definition) is 1. The van der Waals surface area contributed by atoms with Gasteiger partial charge in [0.2, 0.25) is 12.4 Å². The summed E-state index contributed by atoms with van der Waals surface area (Å²) in [4.78, 5) is 27.5. The van der Waals surface area contributed by atoms with Crippen LogP contribution in [0.15, 0.2) is 54.9 Å². The van der Waals surface area contributed by atoms with Crippen molar-refractivity contribution in [2.45, 2.75) is 0 Å². The molecule has 0 aliphatic heterocycles. The summed E-state index contributed by atoms with van der Waals surface area (Å²) in [6.45, 7) is 0. The Morgan fingerprint density at radius 1 is 1.05 bits per heavy atom. The van der Waals surface area contributed by atoms with E-state index in [-0.39, 0.29) is 37.0 Å². The maximum Gasteiger partial charge on any atom is 2.00 e. The van der Waals surface area contributed by atoms with Gasteiger partial charge in [0.25, 0.3) is 0 Å². The molecule has 0 saturated carbocycles. The van der Waals surface area contributed by atoms with Gasteiger partial charge in [0.15, 0.2) is 0 Å². The summed E-state index contributed by atoms with van der Waals surface area (Å²) in [6, 6.07) is 10.9. The van der Waals surface area contributed by atoms with Crippen LogP contribution in [0.3, 0.4) is 0 Å². The number of aromatic carboxylic acids is 1. The van der Waals surface area contributed by atoms with Gasteiger partial charge in [-0.25, -0.2) is 9.59 Å². The first-order valence-corrected chi connectivity index (χ1v) is 5.19. The van der Waals surface area contributed by atoms with Gasteiger partial charge in [-0.3, -0.25) is 0 Å². The molecule has 1 aromatic heterocycles. The standard InChI is InChI=1S/C13H9NO4.Mg.2H/c15-12(16)10-5-4-6-11(9-10)13(17)18-14-7-2-1-3-8-14;;;/h1-9H;;;/q;+2;2*-1/p+1. The second-order valence-corrected chi connectivity index (χ2v) is 3.50. The Bertz CT molecular complexity index is 596. The van der Waals surface area contributed by atoms with Gasteiger partial charge in [-0.1, -0.05) is 12.1 Å². The normalized spacial score (nSPS) is 9.26. The van der Waals surface area contributed by atoms with Gasteiger partial charge in [-0.05, 0) is 18.2 Å². The minimum atomic E-state index is -1.09. The molecule has 0 bridgehead atoms. The van der Waals surface area contributed by atoms with Crippen molar-refractivity contribution < 1.29 is 27.1 Å². The molecular weight excluding hydrogens is 258 g/mol. The summed E-state index contributed by atoms with van der Waals surface area (Å²) in [6.07, 6.45) is 3.14. The number of benzene rings is 1. The molecule has 6 heteroatoms. The third-order valence-electron chi connectivity index (χ3n) is 2.22. The van der Waals surface area contributed by atoms with Crippen LogP contribution in [0.2, 0.25) is 0 Å². The van der Waals surface area contributed by atoms with E-state index in [2.05, 4.69) is 0 Å². The van der Waals surface area contributed by atoms with Crippen LogP contribution < -0.4 is 9.57 Å². The second kappa shape index (κ2) is 6.86. The van der Waals surface area contributed by atoms with Crippen LogP contribution in [-0.4, -0.2) is 40.1 Å². The largest absolute Gasteiger partial charge is 2.00 e. The van der Waals surface area contributed by atoms with Gasteiger partial charge in [0.05, 0.1) is 11.1 Å². The Labute approximate surface area is 128 Å². The maximum absolute atomic E-state index is 11.8. The number of carboxylic acids is 1. The van der Waals surface area contributed by atoms with E-state index >= 15 is 0 Å². The molecule has 1 heterocycles. The van der Waals surface area contributed by atoms with E-state index < -0.39 is 11.9 Å². The Balaban J connectivity index is 0. The molecule has 19 heavy (non-hydrogen) atoms. The van der Waals surface area contributed by atoms with Crippen molar-refractivity contribution in [3.8, 4) is 0 Å². The zero-order valence-corrected chi connectivity index (χ0v) is 11.4. The monoisotopic (exact) mass is 270 g/mol. The van der Waals surface area contributed by atoms with Crippen LogP contribution >= 0.6 is 0 Å². The van der Waals surface area contributed by atoms with Gasteiger partial charge in [-0.2, -0.15) is 4.84 Å². The van der Waals surface area contributed by atoms with Crippen LogP contribution in [0.1, 0.15) is 23.6 Å². The molecule has 0 atom stereocenters. The van der Waals surface area contributed by atoms with Crippen molar-refractivity contribution in [1.29, 1.82) is 0 Å². The molecule has 0 radical (unpaired) electrons. The zero-order valence-electron chi connectivity index (χ0n) is 12.0. The van der Waals surface area contributed by atoms with Crippen LogP contribution in [0.25, 0.3) is 0 Å². The Morgan fingerprint density at radius 3 is 2.32 bits per heavy atom. The van der Waals surface area contributed by atoms with Crippen molar-refractivity contribution in [3.63, 3.8) is 0 Å². The van der Waals surface area contributed by atoms with Crippen LogP contribution in [0.5, 0.6) is 0 Å². The summed E-state index contributed by atoms with van der Waals surface area (Å²) in [7, 11) is 0. The van der Waals surface area contributed by atoms with Crippen molar-refractivity contribution in [3.05, 3.63) is 66.0 Å². The number of carbonyl (C=O) groups excluding carboxylic acids is 1. The van der Waals surface area contributed by atoms with E-state index in [1.54, 1.807) is 30.6 Å². The number of hydrogen-bond acceptors (Lipinski definition) is 3. The molecule has 1 aromatic carbocycles. The fourth-order valence-electron chi connectivity index (χ4n) is 1.37. The Morgan fingerprint density at radius 2 is 1.68 bits per heavy atom. The maximum atomic E-state index is 11.8. The quantitative estimate of drug-likeness (QED) is 0.661. The van der Waals surface area contributed by atoms with Crippen LogP contribution in [-0.2, 0) is 0 Å². The summed E-state index contributed by atoms with van der Waals surface area (Å²) in [5.74, 6) is -1.70. The smallest absolute Gasteiger partial charge is 1.00 e. The minimum Gasteiger partial charge on any atom is -1.00 e. The first kappa shape index (κ1) is 15.1. The van der Waals surface area contributed by atoms with Gasteiger partial charge in [0, 0.05) is 16.9 Å². The molecule has 0 saturated heterocycles. The van der Waals surface area contributed by atoms with E-state index in [9.17, 15) is 9.59 Å². The zero-order chi connectivity index (χ0) is 13.0. The number of rotatable bonds is 3. The first-order chi connectivity index (χ1) is 8.66. The molecule has 0 amide bonds. The molecule has 2 rings (SSSR count). The fraction of sp³-hybridized carbons (Fsp3) is 0. The van der Waals surface area contributed by atoms with Gasteiger partial charge >= 0.3 is 35.0 Å². The summed E-state index contributed by atoms with van der Waals surface area (Å²) < 4.78 is 1.25. The molecule has 0 fully saturated rings. The Kier molecular flexibility index (Phi) is 5.47. The van der Waals surface area contributed by atoms with Gasteiger partial charge in [0.1, 0.15) is 0 Å². The van der Waals surface area contributed by atoms with Crippen LogP contribution in [0.4, 0.5) is 0 Å². The van der Waals surface area contributed by atoms with E-state index in [0.717, 1.165) is 0 Å². The molecule has 2 aromatic rings. The summed E-state index contributed by atoms with van der Waals surface area (Å²) in [5.41, 5.74) is 0.230. The van der Waals surface area contributed by atoms with Crippen LogP contribution in [0, 0.1) is 0 Å². The van der Waals surface area contributed by atoms with E-state index in [1.807, 2.05) is 0 Å². The van der Waals surface area contributed by atoms with E-state index in [4.69, 9.17) is 9.94 Å². The molecule has 0 aliphatic rings. The predicted octanol–water partition coefficient (Wildman–Crippen LogP) is 0.785. The molecule has 0 spiro atoms. The molecule has 0 unspecified atom stereocenters. The second-order valence-electron chi connectivity index (χ2n) is 3.50. The molecule has 5 nitrogen and oxygen atoms in total. The van der Waals surface area contributed by atoms with Gasteiger partial charge < -0.3 is 7.96 Å². The van der Waals surface area contributed by atoms with Crippen molar-refractivity contribution in [2.24, 2.45) is 0 Å². The predicted molar refractivity (Wildman–Crippen MR) is 68.9 cm³/mol. The molecule has 1 N–H and O–H groups in total. The molecule has 0 aliphatic carbocycles. The number of nitrogens with zero attached hydrogens (tertiary/aromatic N) is 1. The Hall–Kier alpha value is -1.92. The average Bonchev–Trinajstić information content (AvgIpc) is 2.40. The van der Waals surface area contributed by atoms with Crippen molar-refractivity contribution in [2.75, 3.05) is 0 Å². The van der Waals surface area contributed by atoms with Gasteiger partial charge in [-0.15, -0.1) is 0 Å². The third-order valence-corrected chi connectivity index (χ3v) is 2.22. The van der Waals surface area contributed by atoms with E-state index in [0.29, 0.717) is 0 Å². The molecule has 94 valence electrons. The SMILES string of the molecule is O=C(O)c1cccc(C(=O)O[n+]2ccccc2)c1.[H-].[H-].[Mg+2]. The van der Waals surface area contributed by atoms with Crippen molar-refractivity contribution >= 4 is 35.0 Å². The summed E-state index contributed by atoms with van der Waals surface area (Å²) >= 11 is 0. The number of pyridine rings is 1. The molecular formula is C13H12MgNO4+. The average molecular weight is 271 g/mol. The summed E-state index contributed by atoms with van der Waals surface area (Å²) in [5, 5.41) is 8.82. The third kappa shape index (κ3) is 4.04. The minimum absolute atomic E-state index is 0. The number of carbonyl (C=O) groups is 2.